The second-order valence-electron chi connectivity index (χ2n) is 7.54. The fraction of sp³-hybridized carbons (Fsp3) is 0.476. The van der Waals surface area contributed by atoms with Crippen molar-refractivity contribution < 1.29 is 32.3 Å². The average molecular weight is 482 g/mol. The number of nitro groups is 1. The van der Waals surface area contributed by atoms with Crippen LogP contribution in [-0.4, -0.2) is 74.6 Å². The Morgan fingerprint density at radius 2 is 1.91 bits per heavy atom. The van der Waals surface area contributed by atoms with Crippen molar-refractivity contribution in [2.75, 3.05) is 46.6 Å². The van der Waals surface area contributed by atoms with E-state index in [4.69, 9.17) is 14.2 Å². The van der Waals surface area contributed by atoms with Gasteiger partial charge in [-0.15, -0.1) is 0 Å². The molecule has 1 saturated heterocycles. The molecular weight excluding hydrogens is 454 g/mol. The van der Waals surface area contributed by atoms with E-state index in [1.54, 1.807) is 13.2 Å². The largest absolute Gasteiger partial charge is 0.478 e. The van der Waals surface area contributed by atoms with Gasteiger partial charge in [0, 0.05) is 49.8 Å². The molecule has 1 aromatic heterocycles. The lowest BCUT2D eigenvalue weighted by Gasteiger charge is -2.26. The van der Waals surface area contributed by atoms with Crippen molar-refractivity contribution in [1.29, 1.82) is 0 Å². The molecule has 1 fully saturated rings. The maximum absolute atomic E-state index is 12.8. The van der Waals surface area contributed by atoms with Crippen LogP contribution in [0.5, 0.6) is 5.75 Å². The molecule has 11 nitrogen and oxygen atoms in total. The maximum atomic E-state index is 12.8. The molecule has 1 aromatic carbocycles. The van der Waals surface area contributed by atoms with Gasteiger partial charge >= 0.3 is 5.69 Å². The minimum Gasteiger partial charge on any atom is -0.478 e. The highest BCUT2D eigenvalue weighted by atomic mass is 32.2. The van der Waals surface area contributed by atoms with Crippen molar-refractivity contribution in [2.45, 2.75) is 25.3 Å². The third-order valence-corrected chi connectivity index (χ3v) is 7.38. The lowest BCUT2D eigenvalue weighted by Crippen LogP contribution is -2.40. The predicted octanol–water partition coefficient (Wildman–Crippen LogP) is 1.94. The van der Waals surface area contributed by atoms with Crippen molar-refractivity contribution in [1.82, 2.24) is 8.87 Å². The first-order valence-corrected chi connectivity index (χ1v) is 11.8. The van der Waals surface area contributed by atoms with Gasteiger partial charge in [0.25, 0.3) is 0 Å². The van der Waals surface area contributed by atoms with Crippen molar-refractivity contribution in [3.8, 4) is 5.75 Å². The Hall–Kier alpha value is -2.80. The highest BCUT2D eigenvalue weighted by molar-refractivity contribution is 7.89. The molecule has 0 atom stereocenters. The van der Waals surface area contributed by atoms with Crippen LogP contribution in [0.4, 0.5) is 5.69 Å². The van der Waals surface area contributed by atoms with E-state index in [-0.39, 0.29) is 42.7 Å². The number of morpholine rings is 1. The van der Waals surface area contributed by atoms with Gasteiger partial charge in [0.1, 0.15) is 0 Å². The fourth-order valence-corrected chi connectivity index (χ4v) is 5.12. The lowest BCUT2D eigenvalue weighted by atomic mass is 10.1. The smallest absolute Gasteiger partial charge is 0.312 e. The Bertz CT molecular complexity index is 1140. The van der Waals surface area contributed by atoms with Gasteiger partial charge in [-0.25, -0.2) is 8.42 Å². The summed E-state index contributed by atoms with van der Waals surface area (Å²) in [5, 5.41) is 11.6. The summed E-state index contributed by atoms with van der Waals surface area (Å²) in [7, 11) is -2.32. The number of aromatic nitrogens is 1. The van der Waals surface area contributed by atoms with Crippen LogP contribution < -0.4 is 4.74 Å². The summed E-state index contributed by atoms with van der Waals surface area (Å²) in [5.74, 6) is -0.520. The number of methoxy groups -OCH3 is 1. The van der Waals surface area contributed by atoms with Gasteiger partial charge in [-0.2, -0.15) is 4.31 Å². The number of aryl methyl sites for hydroxylation is 1. The van der Waals surface area contributed by atoms with Crippen molar-refractivity contribution >= 4 is 21.5 Å². The van der Waals surface area contributed by atoms with E-state index < -0.39 is 27.2 Å². The monoisotopic (exact) mass is 481 g/mol. The zero-order valence-electron chi connectivity index (χ0n) is 18.8. The first-order valence-electron chi connectivity index (χ1n) is 10.3. The van der Waals surface area contributed by atoms with E-state index >= 15 is 0 Å². The molecule has 0 N–H and O–H groups in total. The molecule has 1 aliphatic heterocycles. The molecule has 3 rings (SSSR count). The number of carbonyl (C=O) groups excluding carboxylic acids is 1. The van der Waals surface area contributed by atoms with Gasteiger partial charge in [-0.1, -0.05) is 0 Å². The summed E-state index contributed by atoms with van der Waals surface area (Å²) in [5.41, 5.74) is 1.57. The minimum absolute atomic E-state index is 0.172. The van der Waals surface area contributed by atoms with Crippen LogP contribution >= 0.6 is 0 Å². The summed E-state index contributed by atoms with van der Waals surface area (Å²) in [4.78, 5) is 23.4. The van der Waals surface area contributed by atoms with Gasteiger partial charge in [-0.05, 0) is 32.0 Å². The van der Waals surface area contributed by atoms with Crippen molar-refractivity contribution in [2.24, 2.45) is 0 Å². The van der Waals surface area contributed by atoms with Crippen LogP contribution in [0.25, 0.3) is 0 Å². The number of ether oxygens (including phenoxy) is 3. The molecule has 2 heterocycles. The number of ketones is 1. The summed E-state index contributed by atoms with van der Waals surface area (Å²) >= 11 is 0. The van der Waals surface area contributed by atoms with Crippen LogP contribution in [0, 0.1) is 24.0 Å². The van der Waals surface area contributed by atoms with Crippen LogP contribution in [0.15, 0.2) is 29.2 Å². The number of nitro benzene ring substituents is 1. The van der Waals surface area contributed by atoms with Crippen LogP contribution in [0.1, 0.15) is 21.7 Å². The van der Waals surface area contributed by atoms with Crippen molar-refractivity contribution in [3.05, 3.63) is 51.3 Å². The molecule has 0 amide bonds. The topological polar surface area (TPSA) is 130 Å². The molecule has 0 spiro atoms. The lowest BCUT2D eigenvalue weighted by molar-refractivity contribution is -0.386. The third-order valence-electron chi connectivity index (χ3n) is 5.49. The number of carbonyl (C=O) groups is 1. The van der Waals surface area contributed by atoms with Gasteiger partial charge in [-0.3, -0.25) is 14.9 Å². The van der Waals surface area contributed by atoms with E-state index in [0.29, 0.717) is 18.7 Å². The second-order valence-corrected chi connectivity index (χ2v) is 9.48. The zero-order chi connectivity index (χ0) is 24.2. The molecular formula is C21H27N3O8S. The summed E-state index contributed by atoms with van der Waals surface area (Å²) in [6.07, 6.45) is 0. The molecule has 12 heteroatoms. The Kier molecular flexibility index (Phi) is 7.84. The normalized spacial score (nSPS) is 14.9. The average Bonchev–Trinajstić information content (AvgIpc) is 3.09. The number of rotatable bonds is 10. The Morgan fingerprint density at radius 1 is 1.21 bits per heavy atom. The molecule has 33 heavy (non-hydrogen) atoms. The van der Waals surface area contributed by atoms with Gasteiger partial charge < -0.3 is 18.8 Å². The highest BCUT2D eigenvalue weighted by Crippen LogP contribution is 2.31. The number of hydrogen-bond donors (Lipinski definition) is 0. The number of sulfonamides is 1. The second kappa shape index (κ2) is 10.4. The molecule has 0 unspecified atom stereocenters. The van der Waals surface area contributed by atoms with Gasteiger partial charge in [0.05, 0.1) is 29.6 Å². The maximum Gasteiger partial charge on any atom is 0.312 e. The van der Waals surface area contributed by atoms with Crippen LogP contribution in [0.3, 0.4) is 0 Å². The summed E-state index contributed by atoms with van der Waals surface area (Å²) in [6.45, 7) is 5.21. The standard InChI is InChI=1S/C21H27N3O8S/c1-15-12-18(16(2)23(15)8-9-30-3)20(25)14-32-21-5-4-17(13-19(21)24(26)27)33(28,29)22-6-10-31-11-7-22/h4-5,12-13H,6-11,14H2,1-3H3. The highest BCUT2D eigenvalue weighted by Gasteiger charge is 2.29. The molecule has 0 radical (unpaired) electrons. The van der Waals surface area contributed by atoms with Crippen LogP contribution in [-0.2, 0) is 26.0 Å². The van der Waals surface area contributed by atoms with E-state index in [0.717, 1.165) is 17.5 Å². The number of Topliss-reactive ketones (excluding diaryl/α,β-unsaturated/α-hetero) is 1. The first kappa shape index (κ1) is 24.8. The van der Waals surface area contributed by atoms with Crippen molar-refractivity contribution in [3.63, 3.8) is 0 Å². The predicted molar refractivity (Wildman–Crippen MR) is 118 cm³/mol. The first-order chi connectivity index (χ1) is 15.7. The fourth-order valence-electron chi connectivity index (χ4n) is 3.69. The van der Waals surface area contributed by atoms with E-state index in [2.05, 4.69) is 0 Å². The molecule has 180 valence electrons. The summed E-state index contributed by atoms with van der Waals surface area (Å²) < 4.78 is 44.5. The molecule has 2 aromatic rings. The third kappa shape index (κ3) is 5.41. The molecule has 1 aliphatic rings. The van der Waals surface area contributed by atoms with Gasteiger partial charge in [0.2, 0.25) is 15.8 Å². The minimum atomic E-state index is -3.91. The van der Waals surface area contributed by atoms with E-state index in [1.165, 1.54) is 16.4 Å². The molecule has 0 saturated carbocycles. The number of hydrogen-bond acceptors (Lipinski definition) is 8. The zero-order valence-corrected chi connectivity index (χ0v) is 19.6. The van der Waals surface area contributed by atoms with E-state index in [1.807, 2.05) is 18.4 Å². The quantitative estimate of drug-likeness (QED) is 0.286. The Balaban J connectivity index is 1.79. The molecule has 0 bridgehead atoms. The Morgan fingerprint density at radius 3 is 2.55 bits per heavy atom. The van der Waals surface area contributed by atoms with Gasteiger partial charge in [0.15, 0.2) is 12.4 Å². The number of nitrogens with zero attached hydrogens (tertiary/aromatic N) is 3. The Labute approximate surface area is 192 Å². The van der Waals surface area contributed by atoms with E-state index in [9.17, 15) is 23.3 Å². The van der Waals surface area contributed by atoms with Crippen LogP contribution in [0.2, 0.25) is 0 Å². The summed E-state index contributed by atoms with van der Waals surface area (Å²) in [6, 6.07) is 5.15. The number of benzene rings is 1. The SMILES string of the molecule is COCCn1c(C)cc(C(=O)COc2ccc(S(=O)(=O)N3CCOCC3)cc2[N+](=O)[O-])c1C. The molecule has 0 aliphatic carbocycles.